The second-order valence-corrected chi connectivity index (χ2v) is 5.68. The van der Waals surface area contributed by atoms with Crippen LogP contribution in [0, 0.1) is 0 Å². The van der Waals surface area contributed by atoms with E-state index in [2.05, 4.69) is 9.64 Å². The van der Waals surface area contributed by atoms with Gasteiger partial charge in [0.05, 0.1) is 19.2 Å². The third-order valence-corrected chi connectivity index (χ3v) is 3.95. The highest BCUT2D eigenvalue weighted by molar-refractivity contribution is 5.71. The van der Waals surface area contributed by atoms with Gasteiger partial charge in [0, 0.05) is 26.2 Å². The second-order valence-electron chi connectivity index (χ2n) is 5.68. The van der Waals surface area contributed by atoms with Gasteiger partial charge in [-0.3, -0.25) is 14.6 Å². The predicted molar refractivity (Wildman–Crippen MR) is 79.8 cm³/mol. The molecule has 1 aliphatic rings. The molecule has 0 saturated carbocycles. The van der Waals surface area contributed by atoms with Crippen molar-refractivity contribution < 1.29 is 22.7 Å². The van der Waals surface area contributed by atoms with Crippen molar-refractivity contribution in [2.75, 3.05) is 39.8 Å². The van der Waals surface area contributed by atoms with Crippen molar-refractivity contribution in [1.29, 1.82) is 0 Å². The highest BCUT2D eigenvalue weighted by atomic mass is 19.4. The largest absolute Gasteiger partial charge is 0.468 e. The van der Waals surface area contributed by atoms with Gasteiger partial charge in [0.15, 0.2) is 0 Å². The average molecular weight is 330 g/mol. The van der Waals surface area contributed by atoms with E-state index in [1.807, 2.05) is 4.90 Å². The monoisotopic (exact) mass is 330 g/mol. The molecule has 0 amide bonds. The lowest BCUT2D eigenvalue weighted by molar-refractivity contribution is -0.142. The number of nitrogens with zero attached hydrogens (tertiary/aromatic N) is 2. The minimum absolute atomic E-state index is 0.249. The molecule has 2 rings (SSSR count). The molecule has 1 heterocycles. The number of hydrogen-bond donors (Lipinski definition) is 0. The van der Waals surface area contributed by atoms with E-state index in [-0.39, 0.29) is 12.5 Å². The number of halogens is 3. The fraction of sp³-hybridized carbons (Fsp3) is 0.562. The summed E-state index contributed by atoms with van der Waals surface area (Å²) >= 11 is 0. The first-order valence-electron chi connectivity index (χ1n) is 7.56. The van der Waals surface area contributed by atoms with Crippen LogP contribution in [-0.2, 0) is 22.3 Å². The molecule has 128 valence electrons. The number of carbonyl (C=O) groups excluding carboxylic acids is 1. The molecule has 0 aromatic heterocycles. The van der Waals surface area contributed by atoms with Crippen molar-refractivity contribution in [3.63, 3.8) is 0 Å². The number of esters is 1. The number of methoxy groups -OCH3 is 1. The Balaban J connectivity index is 1.87. The Morgan fingerprint density at radius 1 is 1.09 bits per heavy atom. The topological polar surface area (TPSA) is 32.8 Å². The molecule has 4 nitrogen and oxygen atoms in total. The molecule has 0 spiro atoms. The molecule has 1 saturated heterocycles. The summed E-state index contributed by atoms with van der Waals surface area (Å²) in [7, 11) is 1.37. The predicted octanol–water partition coefficient (Wildman–Crippen LogP) is 2.39. The van der Waals surface area contributed by atoms with E-state index in [0.29, 0.717) is 6.54 Å². The zero-order valence-corrected chi connectivity index (χ0v) is 13.1. The Hall–Kier alpha value is -1.60. The summed E-state index contributed by atoms with van der Waals surface area (Å²) in [5, 5.41) is 0. The van der Waals surface area contributed by atoms with Crippen LogP contribution in [0.15, 0.2) is 24.3 Å². The van der Waals surface area contributed by atoms with E-state index >= 15 is 0 Å². The quantitative estimate of drug-likeness (QED) is 0.794. The molecule has 1 aromatic carbocycles. The van der Waals surface area contributed by atoms with Crippen molar-refractivity contribution in [1.82, 2.24) is 9.80 Å². The zero-order chi connectivity index (χ0) is 16.9. The Morgan fingerprint density at radius 2 is 1.70 bits per heavy atom. The number of rotatable bonds is 4. The summed E-state index contributed by atoms with van der Waals surface area (Å²) in [6.07, 6.45) is -3.38. The summed E-state index contributed by atoms with van der Waals surface area (Å²) in [5.41, 5.74) is 0.237. The van der Waals surface area contributed by atoms with Crippen LogP contribution >= 0.6 is 0 Å². The molecule has 1 aliphatic heterocycles. The van der Waals surface area contributed by atoms with E-state index in [1.165, 1.54) is 19.2 Å². The fourth-order valence-electron chi connectivity index (χ4n) is 2.65. The summed E-state index contributed by atoms with van der Waals surface area (Å²) in [4.78, 5) is 15.5. The zero-order valence-electron chi connectivity index (χ0n) is 13.1. The maximum atomic E-state index is 12.6. The molecule has 0 N–H and O–H groups in total. The Kier molecular flexibility index (Phi) is 6.01. The van der Waals surface area contributed by atoms with Crippen molar-refractivity contribution >= 4 is 5.97 Å². The Morgan fingerprint density at radius 3 is 2.30 bits per heavy atom. The first kappa shape index (κ1) is 17.7. The molecule has 0 radical (unpaired) electrons. The van der Waals surface area contributed by atoms with Crippen molar-refractivity contribution in [3.05, 3.63) is 35.4 Å². The summed E-state index contributed by atoms with van der Waals surface area (Å²) in [6.45, 7) is 4.10. The van der Waals surface area contributed by atoms with E-state index in [9.17, 15) is 18.0 Å². The number of hydrogen-bond acceptors (Lipinski definition) is 4. The number of carbonyl (C=O) groups is 1. The first-order chi connectivity index (χ1) is 10.9. The molecule has 0 bridgehead atoms. The highest BCUT2D eigenvalue weighted by Crippen LogP contribution is 2.29. The second kappa shape index (κ2) is 7.79. The van der Waals surface area contributed by atoms with Crippen LogP contribution in [0.3, 0.4) is 0 Å². The van der Waals surface area contributed by atoms with Crippen molar-refractivity contribution in [2.45, 2.75) is 19.1 Å². The van der Waals surface area contributed by atoms with Gasteiger partial charge >= 0.3 is 12.1 Å². The van der Waals surface area contributed by atoms with E-state index in [4.69, 9.17) is 0 Å². The summed E-state index contributed by atoms with van der Waals surface area (Å²) < 4.78 is 42.3. The third-order valence-electron chi connectivity index (χ3n) is 3.95. The van der Waals surface area contributed by atoms with E-state index in [0.717, 1.165) is 50.3 Å². The van der Waals surface area contributed by atoms with Crippen molar-refractivity contribution in [3.8, 4) is 0 Å². The van der Waals surface area contributed by atoms with Gasteiger partial charge in [-0.15, -0.1) is 0 Å². The van der Waals surface area contributed by atoms with Crippen LogP contribution in [0.4, 0.5) is 13.2 Å². The van der Waals surface area contributed by atoms with E-state index in [1.54, 1.807) is 0 Å². The Bertz CT molecular complexity index is 517. The minimum Gasteiger partial charge on any atom is -0.468 e. The first-order valence-corrected chi connectivity index (χ1v) is 7.56. The van der Waals surface area contributed by atoms with Gasteiger partial charge in [-0.2, -0.15) is 13.2 Å². The lowest BCUT2D eigenvalue weighted by atomic mass is 10.1. The van der Waals surface area contributed by atoms with Gasteiger partial charge in [0.1, 0.15) is 0 Å². The molecule has 23 heavy (non-hydrogen) atoms. The Labute approximate surface area is 133 Å². The average Bonchev–Trinajstić information content (AvgIpc) is 2.72. The number of alkyl halides is 3. The van der Waals surface area contributed by atoms with Crippen LogP contribution in [0.5, 0.6) is 0 Å². The van der Waals surface area contributed by atoms with Gasteiger partial charge < -0.3 is 4.74 Å². The SMILES string of the molecule is COC(=O)CN1CCCN(Cc2ccc(C(F)(F)F)cc2)CC1. The van der Waals surface area contributed by atoms with Gasteiger partial charge in [-0.05, 0) is 30.7 Å². The van der Waals surface area contributed by atoms with Gasteiger partial charge in [0.25, 0.3) is 0 Å². The molecule has 1 fully saturated rings. The fourth-order valence-corrected chi connectivity index (χ4v) is 2.65. The lowest BCUT2D eigenvalue weighted by Crippen LogP contribution is -2.34. The van der Waals surface area contributed by atoms with Gasteiger partial charge in [-0.1, -0.05) is 12.1 Å². The summed E-state index contributed by atoms with van der Waals surface area (Å²) in [5.74, 6) is -0.249. The third kappa shape index (κ3) is 5.51. The highest BCUT2D eigenvalue weighted by Gasteiger charge is 2.30. The van der Waals surface area contributed by atoms with Crippen LogP contribution in [0.25, 0.3) is 0 Å². The maximum Gasteiger partial charge on any atom is 0.416 e. The van der Waals surface area contributed by atoms with Gasteiger partial charge in [-0.25, -0.2) is 0 Å². The molecular formula is C16H21F3N2O2. The normalized spacial score (nSPS) is 17.7. The summed E-state index contributed by atoms with van der Waals surface area (Å²) in [6, 6.07) is 5.30. The van der Waals surface area contributed by atoms with Crippen LogP contribution < -0.4 is 0 Å². The maximum absolute atomic E-state index is 12.6. The molecular weight excluding hydrogens is 309 g/mol. The minimum atomic E-state index is -4.30. The molecule has 0 unspecified atom stereocenters. The van der Waals surface area contributed by atoms with Gasteiger partial charge in [0.2, 0.25) is 0 Å². The standard InChI is InChI=1S/C16H21F3N2O2/c1-23-15(22)12-21-8-2-7-20(9-10-21)11-13-3-5-14(6-4-13)16(17,18)19/h3-6H,2,7-12H2,1H3. The lowest BCUT2D eigenvalue weighted by Gasteiger charge is -2.21. The smallest absolute Gasteiger partial charge is 0.416 e. The van der Waals surface area contributed by atoms with Crippen molar-refractivity contribution in [2.24, 2.45) is 0 Å². The molecule has 0 aliphatic carbocycles. The number of ether oxygens (including phenoxy) is 1. The van der Waals surface area contributed by atoms with Crippen LogP contribution in [-0.4, -0.2) is 55.6 Å². The van der Waals surface area contributed by atoms with Crippen LogP contribution in [0.2, 0.25) is 0 Å². The molecule has 1 aromatic rings. The molecule has 7 heteroatoms. The van der Waals surface area contributed by atoms with E-state index < -0.39 is 11.7 Å². The molecule has 0 atom stereocenters. The number of benzene rings is 1. The van der Waals surface area contributed by atoms with Crippen LogP contribution in [0.1, 0.15) is 17.5 Å².